The third-order valence-electron chi connectivity index (χ3n) is 1.66. The first-order chi connectivity index (χ1) is 6.32. The molecule has 0 saturated carbocycles. The Morgan fingerprint density at radius 2 is 1.93 bits per heavy atom. The minimum Gasteiger partial charge on any atom is -0.480 e. The molecular formula is C9H15NO4. The maximum Gasteiger partial charge on any atom is 0.345 e. The van der Waals surface area contributed by atoms with Crippen molar-refractivity contribution in [2.45, 2.75) is 19.6 Å². The van der Waals surface area contributed by atoms with Crippen LogP contribution in [-0.2, 0) is 14.3 Å². The number of aliphatic hydroxyl groups excluding tert-OH is 1. The van der Waals surface area contributed by atoms with Gasteiger partial charge in [-0.25, -0.2) is 4.79 Å². The summed E-state index contributed by atoms with van der Waals surface area (Å²) in [4.78, 5) is 13.2. The number of esters is 1. The molecule has 1 rings (SSSR count). The molecule has 1 aliphatic rings. The third-order valence-corrected chi connectivity index (χ3v) is 1.66. The molecule has 1 aliphatic heterocycles. The van der Waals surface area contributed by atoms with Gasteiger partial charge in [0.2, 0.25) is 0 Å². The summed E-state index contributed by atoms with van der Waals surface area (Å²) >= 11 is 0. The van der Waals surface area contributed by atoms with Crippen molar-refractivity contribution in [3.05, 3.63) is 11.5 Å². The summed E-state index contributed by atoms with van der Waals surface area (Å²) in [6.07, 6.45) is 0. The van der Waals surface area contributed by atoms with Gasteiger partial charge in [-0.2, -0.15) is 0 Å². The van der Waals surface area contributed by atoms with E-state index in [1.807, 2.05) is 0 Å². The predicted molar refractivity (Wildman–Crippen MR) is 49.5 cm³/mol. The summed E-state index contributed by atoms with van der Waals surface area (Å²) in [5.74, 6) is -1.97. The maximum absolute atomic E-state index is 11.4. The lowest BCUT2D eigenvalue weighted by atomic mass is 10.2. The van der Waals surface area contributed by atoms with E-state index in [-0.39, 0.29) is 11.5 Å². The lowest BCUT2D eigenvalue weighted by Gasteiger charge is -2.31. The highest BCUT2D eigenvalue weighted by molar-refractivity contribution is 5.89. The third kappa shape index (κ3) is 2.38. The van der Waals surface area contributed by atoms with Gasteiger partial charge in [-0.3, -0.25) is 0 Å². The molecule has 0 saturated heterocycles. The number of cyclic esters (lactones) is 1. The van der Waals surface area contributed by atoms with E-state index in [0.29, 0.717) is 6.54 Å². The zero-order chi connectivity index (χ0) is 10.9. The summed E-state index contributed by atoms with van der Waals surface area (Å²) in [6.45, 7) is 3.42. The number of aliphatic hydroxyl groups is 1. The molecular weight excluding hydrogens is 186 g/mol. The van der Waals surface area contributed by atoms with Crippen LogP contribution in [0.15, 0.2) is 11.5 Å². The zero-order valence-electron chi connectivity index (χ0n) is 8.83. The molecule has 1 N–H and O–H groups in total. The Hall–Kier alpha value is -1.23. The summed E-state index contributed by atoms with van der Waals surface area (Å²) in [5, 5.41) is 9.45. The van der Waals surface area contributed by atoms with E-state index in [4.69, 9.17) is 9.47 Å². The second-order valence-corrected chi connectivity index (χ2v) is 3.91. The monoisotopic (exact) mass is 201 g/mol. The average molecular weight is 201 g/mol. The van der Waals surface area contributed by atoms with E-state index in [9.17, 15) is 9.90 Å². The molecule has 0 aromatic carbocycles. The Labute approximate surface area is 82.9 Å². The zero-order valence-corrected chi connectivity index (χ0v) is 8.83. The van der Waals surface area contributed by atoms with Crippen molar-refractivity contribution in [2.24, 2.45) is 0 Å². The number of hydrogen-bond acceptors (Lipinski definition) is 5. The molecule has 0 amide bonds. The van der Waals surface area contributed by atoms with Crippen LogP contribution in [0.1, 0.15) is 13.8 Å². The Morgan fingerprint density at radius 3 is 2.36 bits per heavy atom. The first-order valence-electron chi connectivity index (χ1n) is 4.31. The standard InChI is InChI=1S/C9H15NO4/c1-9(2)13-7(11)6(5-10(3)4)8(12)14-9/h11H,5H2,1-4H3. The topological polar surface area (TPSA) is 59.0 Å². The minimum atomic E-state index is -1.09. The van der Waals surface area contributed by atoms with E-state index >= 15 is 0 Å². The van der Waals surface area contributed by atoms with Crippen LogP contribution in [0.2, 0.25) is 0 Å². The minimum absolute atomic E-state index is 0.148. The van der Waals surface area contributed by atoms with Crippen LogP contribution >= 0.6 is 0 Å². The van der Waals surface area contributed by atoms with Crippen molar-refractivity contribution >= 4 is 5.97 Å². The molecule has 0 aromatic heterocycles. The molecule has 14 heavy (non-hydrogen) atoms. The molecule has 1 heterocycles. The molecule has 0 spiro atoms. The highest BCUT2D eigenvalue weighted by Crippen LogP contribution is 2.24. The number of nitrogens with zero attached hydrogens (tertiary/aromatic N) is 1. The number of carbonyl (C=O) groups is 1. The van der Waals surface area contributed by atoms with Gasteiger partial charge in [0, 0.05) is 20.4 Å². The van der Waals surface area contributed by atoms with Gasteiger partial charge in [-0.05, 0) is 14.1 Å². The van der Waals surface area contributed by atoms with Gasteiger partial charge in [0.05, 0.1) is 0 Å². The fourth-order valence-corrected chi connectivity index (χ4v) is 1.14. The second kappa shape index (κ2) is 3.49. The van der Waals surface area contributed by atoms with E-state index in [2.05, 4.69) is 0 Å². The first-order valence-corrected chi connectivity index (χ1v) is 4.31. The summed E-state index contributed by atoms with van der Waals surface area (Å²) in [5.41, 5.74) is 0.148. The molecule has 0 aliphatic carbocycles. The van der Waals surface area contributed by atoms with Gasteiger partial charge in [-0.1, -0.05) is 0 Å². The van der Waals surface area contributed by atoms with Crippen molar-refractivity contribution in [3.63, 3.8) is 0 Å². The normalized spacial score (nSPS) is 20.8. The quantitative estimate of drug-likeness (QED) is 0.664. The van der Waals surface area contributed by atoms with Gasteiger partial charge in [0.1, 0.15) is 5.57 Å². The van der Waals surface area contributed by atoms with Gasteiger partial charge in [0.25, 0.3) is 11.7 Å². The predicted octanol–water partition coefficient (Wildman–Crippen LogP) is 0.627. The SMILES string of the molecule is CN(C)CC1=C(O)OC(C)(C)OC1=O. The fourth-order valence-electron chi connectivity index (χ4n) is 1.14. The number of likely N-dealkylation sites (N-methyl/N-ethyl adjacent to an activating group) is 1. The molecule has 0 bridgehead atoms. The Morgan fingerprint density at radius 1 is 1.36 bits per heavy atom. The number of ether oxygens (including phenoxy) is 2. The largest absolute Gasteiger partial charge is 0.480 e. The van der Waals surface area contributed by atoms with Crippen molar-refractivity contribution in [2.75, 3.05) is 20.6 Å². The van der Waals surface area contributed by atoms with Gasteiger partial charge in [-0.15, -0.1) is 0 Å². The van der Waals surface area contributed by atoms with Crippen molar-refractivity contribution in [1.29, 1.82) is 0 Å². The highest BCUT2D eigenvalue weighted by Gasteiger charge is 2.36. The van der Waals surface area contributed by atoms with Crippen molar-refractivity contribution < 1.29 is 19.4 Å². The van der Waals surface area contributed by atoms with Crippen LogP contribution in [0, 0.1) is 0 Å². The van der Waals surface area contributed by atoms with Crippen LogP contribution in [-0.4, -0.2) is 42.4 Å². The number of carbonyl (C=O) groups excluding carboxylic acids is 1. The van der Waals surface area contributed by atoms with Crippen LogP contribution in [0.25, 0.3) is 0 Å². The lowest BCUT2D eigenvalue weighted by molar-refractivity contribution is -0.222. The van der Waals surface area contributed by atoms with Crippen LogP contribution in [0.5, 0.6) is 0 Å². The fraction of sp³-hybridized carbons (Fsp3) is 0.667. The number of hydrogen-bond donors (Lipinski definition) is 1. The molecule has 0 aromatic rings. The summed E-state index contributed by atoms with van der Waals surface area (Å²) in [7, 11) is 3.57. The molecule has 80 valence electrons. The first kappa shape index (κ1) is 10.8. The van der Waals surface area contributed by atoms with Crippen LogP contribution in [0.3, 0.4) is 0 Å². The molecule has 0 unspecified atom stereocenters. The van der Waals surface area contributed by atoms with Gasteiger partial charge >= 0.3 is 5.97 Å². The van der Waals surface area contributed by atoms with Gasteiger partial charge in [0.15, 0.2) is 0 Å². The highest BCUT2D eigenvalue weighted by atomic mass is 16.8. The Kier molecular flexibility index (Phi) is 2.71. The van der Waals surface area contributed by atoms with E-state index < -0.39 is 11.8 Å². The lowest BCUT2D eigenvalue weighted by Crippen LogP contribution is -2.39. The maximum atomic E-state index is 11.4. The average Bonchev–Trinajstić information content (AvgIpc) is 1.94. The Balaban J connectivity index is 2.88. The molecule has 0 atom stereocenters. The van der Waals surface area contributed by atoms with E-state index in [0.717, 1.165) is 0 Å². The van der Waals surface area contributed by atoms with E-state index in [1.54, 1.807) is 32.8 Å². The second-order valence-electron chi connectivity index (χ2n) is 3.91. The van der Waals surface area contributed by atoms with Crippen molar-refractivity contribution in [1.82, 2.24) is 4.90 Å². The van der Waals surface area contributed by atoms with Crippen molar-refractivity contribution in [3.8, 4) is 0 Å². The van der Waals surface area contributed by atoms with Gasteiger partial charge < -0.3 is 19.5 Å². The number of rotatable bonds is 2. The van der Waals surface area contributed by atoms with Crippen LogP contribution < -0.4 is 0 Å². The smallest absolute Gasteiger partial charge is 0.345 e. The van der Waals surface area contributed by atoms with Crippen LogP contribution in [0.4, 0.5) is 0 Å². The summed E-state index contributed by atoms with van der Waals surface area (Å²) in [6, 6.07) is 0. The molecule has 0 fully saturated rings. The molecule has 0 radical (unpaired) electrons. The molecule has 5 heteroatoms. The Bertz CT molecular complexity index is 281. The molecule has 5 nitrogen and oxygen atoms in total. The van der Waals surface area contributed by atoms with E-state index in [1.165, 1.54) is 0 Å². The summed E-state index contributed by atoms with van der Waals surface area (Å²) < 4.78 is 9.97.